The summed E-state index contributed by atoms with van der Waals surface area (Å²) in [5, 5.41) is 12.3. The monoisotopic (exact) mass is 419 g/mol. The maximum Gasteiger partial charge on any atom is 0.230 e. The summed E-state index contributed by atoms with van der Waals surface area (Å²) >= 11 is 1.35. The maximum atomic E-state index is 12.3. The van der Waals surface area contributed by atoms with E-state index in [0.717, 1.165) is 16.8 Å². The van der Waals surface area contributed by atoms with Gasteiger partial charge in [-0.1, -0.05) is 29.5 Å². The molecule has 4 aromatic rings. The molecule has 152 valence electrons. The van der Waals surface area contributed by atoms with Gasteiger partial charge in [0.15, 0.2) is 11.0 Å². The van der Waals surface area contributed by atoms with Gasteiger partial charge in [0.1, 0.15) is 5.76 Å². The highest BCUT2D eigenvalue weighted by atomic mass is 32.2. The fourth-order valence-corrected chi connectivity index (χ4v) is 3.88. The lowest BCUT2D eigenvalue weighted by atomic mass is 10.1. The van der Waals surface area contributed by atoms with Crippen LogP contribution >= 0.6 is 11.8 Å². The molecule has 0 aliphatic carbocycles. The van der Waals surface area contributed by atoms with E-state index in [4.69, 9.17) is 4.42 Å². The number of rotatable bonds is 7. The van der Waals surface area contributed by atoms with Gasteiger partial charge in [-0.05, 0) is 49.7 Å². The van der Waals surface area contributed by atoms with Crippen molar-refractivity contribution in [2.45, 2.75) is 25.5 Å². The summed E-state index contributed by atoms with van der Waals surface area (Å²) < 4.78 is 7.24. The molecule has 0 aliphatic heterocycles. The Morgan fingerprint density at radius 3 is 2.70 bits per heavy atom. The molecule has 0 radical (unpaired) electrons. The first-order valence-electron chi connectivity index (χ1n) is 9.47. The first-order valence-corrected chi connectivity index (χ1v) is 10.5. The molecule has 4 rings (SSSR count). The predicted octanol–water partition coefficient (Wildman–Crippen LogP) is 3.95. The molecule has 3 heterocycles. The average Bonchev–Trinajstić information content (AvgIpc) is 3.41. The van der Waals surface area contributed by atoms with Crippen LogP contribution in [-0.4, -0.2) is 31.4 Å². The number of carbonyl (C=O) groups is 1. The Morgan fingerprint density at radius 2 is 1.97 bits per heavy atom. The van der Waals surface area contributed by atoms with Crippen LogP contribution in [0.2, 0.25) is 0 Å². The number of pyridine rings is 1. The van der Waals surface area contributed by atoms with Crippen LogP contribution in [0.15, 0.2) is 70.7 Å². The van der Waals surface area contributed by atoms with E-state index in [9.17, 15) is 4.79 Å². The lowest BCUT2D eigenvalue weighted by molar-refractivity contribution is -0.118. The summed E-state index contributed by atoms with van der Waals surface area (Å²) in [5.41, 5.74) is 4.18. The smallest absolute Gasteiger partial charge is 0.230 e. The van der Waals surface area contributed by atoms with Crippen molar-refractivity contribution < 1.29 is 9.21 Å². The zero-order valence-corrected chi connectivity index (χ0v) is 17.5. The van der Waals surface area contributed by atoms with Gasteiger partial charge in [0.05, 0.1) is 24.2 Å². The van der Waals surface area contributed by atoms with Crippen molar-refractivity contribution in [1.29, 1.82) is 0 Å². The second-order valence-corrected chi connectivity index (χ2v) is 7.75. The summed E-state index contributed by atoms with van der Waals surface area (Å²) in [5.74, 6) is 1.55. The molecule has 1 aromatic carbocycles. The Hall–Kier alpha value is -3.39. The van der Waals surface area contributed by atoms with E-state index in [1.807, 2.05) is 22.8 Å². The van der Waals surface area contributed by atoms with Crippen molar-refractivity contribution in [3.8, 4) is 17.1 Å². The highest BCUT2D eigenvalue weighted by Crippen LogP contribution is 2.29. The molecule has 0 saturated heterocycles. The standard InChI is InChI=1S/C22H21N5O2S/c1-15-5-6-19(16(2)12-15)27-21(17-7-9-23-10-8-17)25-26-22(27)30-14-20(28)24-13-18-4-3-11-29-18/h3-12H,13-14H2,1-2H3,(H,24,28). The van der Waals surface area contributed by atoms with Crippen molar-refractivity contribution >= 4 is 17.7 Å². The first kappa shape index (κ1) is 19.9. The van der Waals surface area contributed by atoms with Crippen LogP contribution in [0, 0.1) is 13.8 Å². The van der Waals surface area contributed by atoms with Crippen LogP contribution in [0.5, 0.6) is 0 Å². The van der Waals surface area contributed by atoms with Crippen LogP contribution in [0.1, 0.15) is 16.9 Å². The number of amides is 1. The molecular weight excluding hydrogens is 398 g/mol. The minimum Gasteiger partial charge on any atom is -0.467 e. The topological polar surface area (TPSA) is 85.8 Å². The van der Waals surface area contributed by atoms with Crippen molar-refractivity contribution in [2.24, 2.45) is 0 Å². The largest absolute Gasteiger partial charge is 0.467 e. The zero-order valence-electron chi connectivity index (χ0n) is 16.7. The number of benzene rings is 1. The van der Waals surface area contributed by atoms with Gasteiger partial charge in [0.2, 0.25) is 5.91 Å². The quantitative estimate of drug-likeness (QED) is 0.457. The van der Waals surface area contributed by atoms with Crippen molar-refractivity contribution in [1.82, 2.24) is 25.1 Å². The number of furan rings is 1. The molecule has 0 unspecified atom stereocenters. The fraction of sp³-hybridized carbons (Fsp3) is 0.182. The van der Waals surface area contributed by atoms with Gasteiger partial charge in [-0.15, -0.1) is 10.2 Å². The van der Waals surface area contributed by atoms with E-state index in [-0.39, 0.29) is 11.7 Å². The molecule has 7 nitrogen and oxygen atoms in total. The third kappa shape index (κ3) is 4.44. The third-order valence-electron chi connectivity index (χ3n) is 4.54. The van der Waals surface area contributed by atoms with E-state index in [1.54, 1.807) is 24.7 Å². The number of nitrogens with zero attached hydrogens (tertiary/aromatic N) is 4. The highest BCUT2D eigenvalue weighted by Gasteiger charge is 2.18. The summed E-state index contributed by atoms with van der Waals surface area (Å²) in [6, 6.07) is 13.6. The van der Waals surface area contributed by atoms with Gasteiger partial charge in [-0.2, -0.15) is 0 Å². The van der Waals surface area contributed by atoms with E-state index in [1.165, 1.54) is 17.3 Å². The van der Waals surface area contributed by atoms with Gasteiger partial charge in [-0.25, -0.2) is 0 Å². The van der Waals surface area contributed by atoms with Crippen LogP contribution in [-0.2, 0) is 11.3 Å². The number of aryl methyl sites for hydroxylation is 2. The van der Waals surface area contributed by atoms with Gasteiger partial charge in [0.25, 0.3) is 0 Å². The Balaban J connectivity index is 1.59. The normalized spacial score (nSPS) is 10.9. The number of aromatic nitrogens is 4. The number of thioether (sulfide) groups is 1. The van der Waals surface area contributed by atoms with Crippen molar-refractivity contribution in [3.05, 3.63) is 78.0 Å². The van der Waals surface area contributed by atoms with Gasteiger partial charge in [-0.3, -0.25) is 14.3 Å². The highest BCUT2D eigenvalue weighted by molar-refractivity contribution is 7.99. The molecule has 0 saturated carbocycles. The van der Waals surface area contributed by atoms with E-state index in [0.29, 0.717) is 23.3 Å². The second-order valence-electron chi connectivity index (χ2n) is 6.81. The first-order chi connectivity index (χ1) is 14.6. The summed E-state index contributed by atoms with van der Waals surface area (Å²) in [6.45, 7) is 4.48. The Bertz CT molecular complexity index is 1140. The molecule has 0 spiro atoms. The average molecular weight is 420 g/mol. The zero-order chi connectivity index (χ0) is 20.9. The van der Waals surface area contributed by atoms with Crippen LogP contribution in [0.4, 0.5) is 0 Å². The third-order valence-corrected chi connectivity index (χ3v) is 5.47. The van der Waals surface area contributed by atoms with Crippen LogP contribution in [0.25, 0.3) is 17.1 Å². The van der Waals surface area contributed by atoms with E-state index in [2.05, 4.69) is 52.5 Å². The molecule has 1 N–H and O–H groups in total. The minimum absolute atomic E-state index is 0.1000. The van der Waals surface area contributed by atoms with E-state index < -0.39 is 0 Å². The van der Waals surface area contributed by atoms with Crippen molar-refractivity contribution in [3.63, 3.8) is 0 Å². The lowest BCUT2D eigenvalue weighted by Crippen LogP contribution is -2.24. The number of hydrogen-bond acceptors (Lipinski definition) is 6. The lowest BCUT2D eigenvalue weighted by Gasteiger charge is -2.13. The van der Waals surface area contributed by atoms with Crippen LogP contribution in [0.3, 0.4) is 0 Å². The molecule has 1 amide bonds. The molecule has 0 bridgehead atoms. The molecular formula is C22H21N5O2S. The maximum absolute atomic E-state index is 12.3. The number of nitrogens with one attached hydrogen (secondary N) is 1. The second kappa shape index (κ2) is 8.96. The Kier molecular flexibility index (Phi) is 5.94. The Labute approximate surface area is 178 Å². The molecule has 8 heteroatoms. The number of carbonyl (C=O) groups excluding carboxylic acids is 1. The predicted molar refractivity (Wildman–Crippen MR) is 115 cm³/mol. The fourth-order valence-electron chi connectivity index (χ4n) is 3.10. The van der Waals surface area contributed by atoms with Gasteiger partial charge in [0, 0.05) is 18.0 Å². The molecule has 0 fully saturated rings. The SMILES string of the molecule is Cc1ccc(-n2c(SCC(=O)NCc3ccco3)nnc2-c2ccncc2)c(C)c1. The van der Waals surface area contributed by atoms with Crippen LogP contribution < -0.4 is 5.32 Å². The van der Waals surface area contributed by atoms with Gasteiger partial charge < -0.3 is 9.73 Å². The molecule has 3 aromatic heterocycles. The van der Waals surface area contributed by atoms with Crippen molar-refractivity contribution in [2.75, 3.05) is 5.75 Å². The summed E-state index contributed by atoms with van der Waals surface area (Å²) in [7, 11) is 0. The molecule has 0 aliphatic rings. The minimum atomic E-state index is -0.1000. The molecule has 0 atom stereocenters. The van der Waals surface area contributed by atoms with E-state index >= 15 is 0 Å². The summed E-state index contributed by atoms with van der Waals surface area (Å²) in [6.07, 6.45) is 5.04. The number of hydrogen-bond donors (Lipinski definition) is 1. The summed E-state index contributed by atoms with van der Waals surface area (Å²) in [4.78, 5) is 16.4. The Morgan fingerprint density at radius 1 is 1.13 bits per heavy atom. The van der Waals surface area contributed by atoms with Gasteiger partial charge >= 0.3 is 0 Å². The molecule has 30 heavy (non-hydrogen) atoms.